The van der Waals surface area contributed by atoms with Gasteiger partial charge in [-0.25, -0.2) is 4.68 Å². The minimum absolute atomic E-state index is 0.310. The van der Waals surface area contributed by atoms with E-state index in [-0.39, 0.29) is 11.4 Å². The van der Waals surface area contributed by atoms with Crippen molar-refractivity contribution in [2.24, 2.45) is 0 Å². The van der Waals surface area contributed by atoms with E-state index in [1.807, 2.05) is 20.8 Å². The first kappa shape index (κ1) is 17.6. The standard InChI is InChI=1S/C16H17BrClN3O2S/c1-16(2,3)21-14(11-7-24(23)8-13(11)20-21)19-15(22)10-6-9(17)4-5-12(10)18/h4-6H,7-8H2,1-3H3,(H,19,22). The molecule has 0 spiro atoms. The normalized spacial score (nSPS) is 17.0. The van der Waals surface area contributed by atoms with Gasteiger partial charge in [-0.3, -0.25) is 9.00 Å². The summed E-state index contributed by atoms with van der Waals surface area (Å²) in [6.07, 6.45) is 0. The lowest BCUT2D eigenvalue weighted by atomic mass is 10.1. The molecule has 0 aliphatic carbocycles. The van der Waals surface area contributed by atoms with E-state index in [2.05, 4.69) is 26.3 Å². The number of hydrogen-bond acceptors (Lipinski definition) is 3. The highest BCUT2D eigenvalue weighted by Gasteiger charge is 2.31. The lowest BCUT2D eigenvalue weighted by Gasteiger charge is -2.23. The summed E-state index contributed by atoms with van der Waals surface area (Å²) in [6.45, 7) is 6.02. The van der Waals surface area contributed by atoms with Crippen molar-refractivity contribution in [3.63, 3.8) is 0 Å². The third kappa shape index (κ3) is 3.30. The largest absolute Gasteiger partial charge is 0.306 e. The second-order valence-electron chi connectivity index (χ2n) is 6.66. The average molecular weight is 431 g/mol. The summed E-state index contributed by atoms with van der Waals surface area (Å²) in [4.78, 5) is 12.7. The molecule has 3 rings (SSSR count). The van der Waals surface area contributed by atoms with Gasteiger partial charge in [-0.15, -0.1) is 0 Å². The molecule has 0 saturated carbocycles. The van der Waals surface area contributed by atoms with Crippen LogP contribution in [-0.4, -0.2) is 19.9 Å². The van der Waals surface area contributed by atoms with Crippen LogP contribution in [0, 0.1) is 0 Å². The van der Waals surface area contributed by atoms with Crippen molar-refractivity contribution in [1.29, 1.82) is 0 Å². The van der Waals surface area contributed by atoms with Gasteiger partial charge < -0.3 is 5.32 Å². The number of halogens is 2. The molecule has 2 heterocycles. The lowest BCUT2D eigenvalue weighted by Crippen LogP contribution is -2.27. The van der Waals surface area contributed by atoms with Gasteiger partial charge >= 0.3 is 0 Å². The molecule has 8 heteroatoms. The number of fused-ring (bicyclic) bond motifs is 1. The zero-order valence-corrected chi connectivity index (χ0v) is 16.7. The second-order valence-corrected chi connectivity index (χ2v) is 9.44. The maximum absolute atomic E-state index is 12.7. The van der Waals surface area contributed by atoms with Gasteiger partial charge in [-0.2, -0.15) is 5.10 Å². The maximum atomic E-state index is 12.7. The summed E-state index contributed by atoms with van der Waals surface area (Å²) in [5.41, 5.74) is 1.71. The molecule has 1 amide bonds. The fourth-order valence-electron chi connectivity index (χ4n) is 2.59. The highest BCUT2D eigenvalue weighted by molar-refractivity contribution is 9.10. The smallest absolute Gasteiger partial charge is 0.258 e. The molecule has 0 radical (unpaired) electrons. The number of nitrogens with one attached hydrogen (secondary N) is 1. The Bertz CT molecular complexity index is 858. The fraction of sp³-hybridized carbons (Fsp3) is 0.375. The lowest BCUT2D eigenvalue weighted by molar-refractivity contribution is 0.102. The average Bonchev–Trinajstić information content (AvgIpc) is 2.98. The van der Waals surface area contributed by atoms with Gasteiger partial charge in [-0.05, 0) is 39.0 Å². The first-order valence-corrected chi connectivity index (χ1v) is 10.1. The van der Waals surface area contributed by atoms with Crippen molar-refractivity contribution >= 4 is 50.1 Å². The summed E-state index contributed by atoms with van der Waals surface area (Å²) in [6, 6.07) is 5.12. The van der Waals surface area contributed by atoms with Crippen LogP contribution in [0.1, 0.15) is 42.4 Å². The van der Waals surface area contributed by atoms with E-state index in [4.69, 9.17) is 11.6 Å². The molecule has 0 bridgehead atoms. The number of rotatable bonds is 2. The van der Waals surface area contributed by atoms with Crippen LogP contribution in [0.25, 0.3) is 0 Å². The third-order valence-electron chi connectivity index (χ3n) is 3.71. The summed E-state index contributed by atoms with van der Waals surface area (Å²) < 4.78 is 14.4. The predicted octanol–water partition coefficient (Wildman–Crippen LogP) is 4.07. The maximum Gasteiger partial charge on any atom is 0.258 e. The molecule has 0 fully saturated rings. The van der Waals surface area contributed by atoms with Crippen LogP contribution < -0.4 is 5.32 Å². The van der Waals surface area contributed by atoms with Crippen molar-refractivity contribution in [3.05, 3.63) is 44.5 Å². The Morgan fingerprint density at radius 2 is 2.08 bits per heavy atom. The summed E-state index contributed by atoms with van der Waals surface area (Å²) in [5.74, 6) is 1.13. The van der Waals surface area contributed by atoms with Crippen molar-refractivity contribution in [3.8, 4) is 0 Å². The van der Waals surface area contributed by atoms with Crippen molar-refractivity contribution in [2.45, 2.75) is 37.8 Å². The topological polar surface area (TPSA) is 64.0 Å². The van der Waals surface area contributed by atoms with Gasteiger partial charge in [0.15, 0.2) is 0 Å². The molecule has 0 saturated heterocycles. The zero-order chi connectivity index (χ0) is 17.6. The molecule has 1 aromatic heterocycles. The van der Waals surface area contributed by atoms with Crippen LogP contribution in [-0.2, 0) is 27.8 Å². The predicted molar refractivity (Wildman–Crippen MR) is 99.9 cm³/mol. The second kappa shape index (κ2) is 6.28. The van der Waals surface area contributed by atoms with Gasteiger partial charge in [0, 0.05) is 20.8 Å². The number of carbonyl (C=O) groups is 1. The molecule has 128 valence electrons. The minimum atomic E-state index is -0.962. The fourth-order valence-corrected chi connectivity index (χ4v) is 4.42. The number of nitrogens with zero attached hydrogens (tertiary/aromatic N) is 2. The third-order valence-corrected chi connectivity index (χ3v) is 5.74. The van der Waals surface area contributed by atoms with Gasteiger partial charge in [0.25, 0.3) is 5.91 Å². The van der Waals surface area contributed by atoms with Crippen LogP contribution in [0.4, 0.5) is 5.82 Å². The Hall–Kier alpha value is -1.18. The minimum Gasteiger partial charge on any atom is -0.306 e. The molecule has 1 aliphatic heterocycles. The van der Waals surface area contributed by atoms with E-state index in [0.29, 0.717) is 27.9 Å². The number of anilines is 1. The number of benzene rings is 1. The number of hydrogen-bond donors (Lipinski definition) is 1. The van der Waals surface area contributed by atoms with E-state index in [1.54, 1.807) is 22.9 Å². The number of aromatic nitrogens is 2. The summed E-state index contributed by atoms with van der Waals surface area (Å²) >= 11 is 9.50. The highest BCUT2D eigenvalue weighted by Crippen LogP contribution is 2.33. The molecule has 1 unspecified atom stereocenters. The highest BCUT2D eigenvalue weighted by atomic mass is 79.9. The SMILES string of the molecule is CC(C)(C)n1nc2c(c1NC(=O)c1cc(Br)ccc1Cl)CS(=O)C2. The number of carbonyl (C=O) groups excluding carboxylic acids is 1. The Morgan fingerprint density at radius 1 is 1.38 bits per heavy atom. The molecular weight excluding hydrogens is 414 g/mol. The van der Waals surface area contributed by atoms with Crippen LogP contribution in [0.3, 0.4) is 0 Å². The van der Waals surface area contributed by atoms with Gasteiger partial charge in [0.1, 0.15) is 5.82 Å². The Balaban J connectivity index is 2.02. The van der Waals surface area contributed by atoms with Crippen LogP contribution in [0.15, 0.2) is 22.7 Å². The molecule has 1 atom stereocenters. The first-order chi connectivity index (χ1) is 11.2. The van der Waals surface area contributed by atoms with Crippen molar-refractivity contribution < 1.29 is 9.00 Å². The summed E-state index contributed by atoms with van der Waals surface area (Å²) in [5, 5.41) is 7.86. The monoisotopic (exact) mass is 429 g/mol. The van der Waals surface area contributed by atoms with E-state index in [1.165, 1.54) is 0 Å². The molecule has 2 aromatic rings. The van der Waals surface area contributed by atoms with Crippen LogP contribution in [0.5, 0.6) is 0 Å². The first-order valence-electron chi connectivity index (χ1n) is 7.39. The van der Waals surface area contributed by atoms with E-state index in [0.717, 1.165) is 15.7 Å². The molecule has 5 nitrogen and oxygen atoms in total. The van der Waals surface area contributed by atoms with Gasteiger partial charge in [-0.1, -0.05) is 27.5 Å². The van der Waals surface area contributed by atoms with Crippen LogP contribution in [0.2, 0.25) is 5.02 Å². The number of amides is 1. The Morgan fingerprint density at radius 3 is 2.75 bits per heavy atom. The molecule has 1 N–H and O–H groups in total. The van der Waals surface area contributed by atoms with Crippen molar-refractivity contribution in [2.75, 3.05) is 5.32 Å². The molecular formula is C16H17BrClN3O2S. The molecule has 1 aliphatic rings. The van der Waals surface area contributed by atoms with E-state index >= 15 is 0 Å². The zero-order valence-electron chi connectivity index (χ0n) is 13.5. The molecule has 24 heavy (non-hydrogen) atoms. The Kier molecular flexibility index (Phi) is 4.61. The van der Waals surface area contributed by atoms with Crippen molar-refractivity contribution in [1.82, 2.24) is 9.78 Å². The Labute approximate surface area is 156 Å². The van der Waals surface area contributed by atoms with Gasteiger partial charge in [0.05, 0.1) is 33.3 Å². The van der Waals surface area contributed by atoms with Crippen LogP contribution >= 0.6 is 27.5 Å². The summed E-state index contributed by atoms with van der Waals surface area (Å²) in [7, 11) is -0.962. The van der Waals surface area contributed by atoms with Gasteiger partial charge in [0.2, 0.25) is 0 Å². The quantitative estimate of drug-likeness (QED) is 0.781. The van der Waals surface area contributed by atoms with E-state index in [9.17, 15) is 9.00 Å². The van der Waals surface area contributed by atoms with E-state index < -0.39 is 10.8 Å². The molecule has 1 aromatic carbocycles.